The van der Waals surface area contributed by atoms with Crippen LogP contribution in [0.5, 0.6) is 0 Å². The van der Waals surface area contributed by atoms with Crippen molar-refractivity contribution in [3.8, 4) is 6.07 Å². The van der Waals surface area contributed by atoms with Crippen LogP contribution in [0.1, 0.15) is 52.4 Å². The average Bonchev–Trinajstić information content (AvgIpc) is 3.18. The predicted molar refractivity (Wildman–Crippen MR) is 98.7 cm³/mol. The normalized spacial score (nSPS) is 48.8. The van der Waals surface area contributed by atoms with Gasteiger partial charge in [0.05, 0.1) is 6.07 Å². The van der Waals surface area contributed by atoms with Crippen LogP contribution in [0.2, 0.25) is 0 Å². The van der Waals surface area contributed by atoms with E-state index >= 15 is 0 Å². The second kappa shape index (κ2) is 5.55. The van der Waals surface area contributed by atoms with E-state index in [2.05, 4.69) is 19.9 Å². The van der Waals surface area contributed by atoms with Crippen LogP contribution >= 0.6 is 0 Å². The molecule has 0 bridgehead atoms. The molecule has 8 atom stereocenters. The lowest BCUT2D eigenvalue weighted by atomic mass is 9.47. The first kappa shape index (κ1) is 16.8. The number of fused-ring (bicyclic) bond motifs is 7. The fourth-order valence-electron chi connectivity index (χ4n) is 7.93. The van der Waals surface area contributed by atoms with Crippen molar-refractivity contribution in [1.29, 1.82) is 5.26 Å². The largest absolute Gasteiger partial charge is 0.396 e. The first-order valence-corrected chi connectivity index (χ1v) is 10.6. The lowest BCUT2D eigenvalue weighted by molar-refractivity contribution is -0.116. The molecule has 0 aromatic carbocycles. The highest BCUT2D eigenvalue weighted by atomic mass is 16.3. The molecule has 5 aliphatic rings. The van der Waals surface area contributed by atoms with Crippen molar-refractivity contribution >= 4 is 5.78 Å². The molecule has 3 heteroatoms. The van der Waals surface area contributed by atoms with E-state index in [1.807, 2.05) is 6.08 Å². The van der Waals surface area contributed by atoms with E-state index in [0.29, 0.717) is 41.9 Å². The summed E-state index contributed by atoms with van der Waals surface area (Å²) in [5.74, 6) is 3.95. The number of aliphatic hydroxyl groups excluding tert-OH is 1. The van der Waals surface area contributed by atoms with Gasteiger partial charge in [0.15, 0.2) is 5.78 Å². The summed E-state index contributed by atoms with van der Waals surface area (Å²) in [5, 5.41) is 20.0. The molecule has 0 amide bonds. The van der Waals surface area contributed by atoms with Crippen molar-refractivity contribution in [2.75, 3.05) is 6.61 Å². The molecule has 3 saturated carbocycles. The maximum absolute atomic E-state index is 12.0. The Kier molecular flexibility index (Phi) is 3.58. The van der Waals surface area contributed by atoms with Crippen molar-refractivity contribution in [2.24, 2.45) is 46.8 Å². The maximum atomic E-state index is 12.0. The SMILES string of the molecule is CCC12CCC3C4CCC(=O)C=C4C(CO)CC3C1C1C(=C2C#N)C1C. The zero-order valence-corrected chi connectivity index (χ0v) is 15.9. The lowest BCUT2D eigenvalue weighted by Crippen LogP contribution is -2.50. The lowest BCUT2D eigenvalue weighted by Gasteiger charge is -2.56. The molecule has 26 heavy (non-hydrogen) atoms. The number of nitriles is 1. The summed E-state index contributed by atoms with van der Waals surface area (Å²) in [6.07, 6.45) is 7.94. The Morgan fingerprint density at radius 3 is 2.85 bits per heavy atom. The topological polar surface area (TPSA) is 61.1 Å². The van der Waals surface area contributed by atoms with Crippen molar-refractivity contribution < 1.29 is 9.90 Å². The van der Waals surface area contributed by atoms with E-state index in [9.17, 15) is 15.2 Å². The zero-order chi connectivity index (χ0) is 18.2. The van der Waals surface area contributed by atoms with Crippen LogP contribution in [0.3, 0.4) is 0 Å². The molecular formula is C23H29NO2. The second-order valence-electron chi connectivity index (χ2n) is 9.53. The molecule has 138 valence electrons. The third-order valence-corrected chi connectivity index (χ3v) is 8.99. The molecule has 0 aliphatic heterocycles. The van der Waals surface area contributed by atoms with Crippen LogP contribution < -0.4 is 0 Å². The van der Waals surface area contributed by atoms with Gasteiger partial charge in [0.25, 0.3) is 0 Å². The predicted octanol–water partition coefficient (Wildman–Crippen LogP) is 4.04. The molecule has 0 spiro atoms. The highest BCUT2D eigenvalue weighted by Gasteiger charge is 2.68. The standard InChI is InChI=1S/C23H29NO2/c1-3-23-7-6-16-15-5-4-14(26)9-17(15)13(11-25)8-18(16)22(23)21-12(2)20(21)19(23)10-24/h9,12-13,15-16,18,21-22,25H,3-8,11H2,1-2H3. The molecule has 0 saturated heterocycles. The van der Waals surface area contributed by atoms with Gasteiger partial charge < -0.3 is 5.11 Å². The fourth-order valence-corrected chi connectivity index (χ4v) is 7.93. The first-order chi connectivity index (χ1) is 12.6. The smallest absolute Gasteiger partial charge is 0.155 e. The first-order valence-electron chi connectivity index (χ1n) is 10.6. The van der Waals surface area contributed by atoms with Crippen molar-refractivity contribution in [3.63, 3.8) is 0 Å². The number of rotatable bonds is 2. The average molecular weight is 351 g/mol. The van der Waals surface area contributed by atoms with Crippen LogP contribution in [0, 0.1) is 58.2 Å². The summed E-state index contributed by atoms with van der Waals surface area (Å²) in [4.78, 5) is 12.0. The van der Waals surface area contributed by atoms with Crippen LogP contribution in [0.25, 0.3) is 0 Å². The van der Waals surface area contributed by atoms with Gasteiger partial charge in [-0.1, -0.05) is 19.4 Å². The van der Waals surface area contributed by atoms with Gasteiger partial charge in [-0.15, -0.1) is 0 Å². The Morgan fingerprint density at radius 1 is 1.35 bits per heavy atom. The highest BCUT2D eigenvalue weighted by Crippen LogP contribution is 2.74. The monoisotopic (exact) mass is 351 g/mol. The van der Waals surface area contributed by atoms with Gasteiger partial charge in [-0.2, -0.15) is 5.26 Å². The number of aliphatic hydroxyl groups is 1. The van der Waals surface area contributed by atoms with Gasteiger partial charge in [-0.05, 0) is 79.3 Å². The third kappa shape index (κ3) is 1.89. The Balaban J connectivity index is 1.56. The molecule has 8 unspecified atom stereocenters. The molecule has 3 fully saturated rings. The molecule has 1 N–H and O–H groups in total. The number of hydrogen-bond acceptors (Lipinski definition) is 3. The van der Waals surface area contributed by atoms with Crippen LogP contribution in [-0.2, 0) is 4.79 Å². The number of carbonyl (C=O) groups excluding carboxylic acids is 1. The van der Waals surface area contributed by atoms with Gasteiger partial charge in [0, 0.05) is 29.9 Å². The van der Waals surface area contributed by atoms with Crippen molar-refractivity contribution in [1.82, 2.24) is 0 Å². The van der Waals surface area contributed by atoms with Gasteiger partial charge in [0.2, 0.25) is 0 Å². The molecule has 5 rings (SSSR count). The van der Waals surface area contributed by atoms with Gasteiger partial charge in [0.1, 0.15) is 0 Å². The summed E-state index contributed by atoms with van der Waals surface area (Å²) < 4.78 is 0. The minimum Gasteiger partial charge on any atom is -0.396 e. The minimum atomic E-state index is 0.105. The molecule has 0 aromatic rings. The number of hydrogen-bond donors (Lipinski definition) is 1. The molecule has 0 heterocycles. The summed E-state index contributed by atoms with van der Waals surface area (Å²) in [6.45, 7) is 4.74. The highest BCUT2D eigenvalue weighted by molar-refractivity contribution is 5.91. The molecule has 0 aromatic heterocycles. The van der Waals surface area contributed by atoms with E-state index in [1.165, 1.54) is 17.6 Å². The van der Waals surface area contributed by atoms with Crippen molar-refractivity contribution in [3.05, 3.63) is 22.8 Å². The van der Waals surface area contributed by atoms with E-state index in [4.69, 9.17) is 0 Å². The quantitative estimate of drug-likeness (QED) is 0.816. The number of carbonyl (C=O) groups is 1. The van der Waals surface area contributed by atoms with Crippen LogP contribution in [0.4, 0.5) is 0 Å². The van der Waals surface area contributed by atoms with E-state index in [-0.39, 0.29) is 23.7 Å². The van der Waals surface area contributed by atoms with E-state index in [0.717, 1.165) is 31.3 Å². The van der Waals surface area contributed by atoms with Gasteiger partial charge in [-0.25, -0.2) is 0 Å². The fraction of sp³-hybridized carbons (Fsp3) is 0.739. The van der Waals surface area contributed by atoms with Gasteiger partial charge >= 0.3 is 0 Å². The summed E-state index contributed by atoms with van der Waals surface area (Å²) in [5.41, 5.74) is 3.97. The maximum Gasteiger partial charge on any atom is 0.155 e. The van der Waals surface area contributed by atoms with Crippen LogP contribution in [-0.4, -0.2) is 17.5 Å². The number of nitrogens with zero attached hydrogens (tertiary/aromatic N) is 1. The second-order valence-corrected chi connectivity index (χ2v) is 9.53. The number of ketones is 1. The van der Waals surface area contributed by atoms with Crippen molar-refractivity contribution in [2.45, 2.75) is 52.4 Å². The molecular weight excluding hydrogens is 322 g/mol. The molecule has 5 aliphatic carbocycles. The summed E-state index contributed by atoms with van der Waals surface area (Å²) >= 11 is 0. The Hall–Kier alpha value is -1.40. The Morgan fingerprint density at radius 2 is 2.15 bits per heavy atom. The van der Waals surface area contributed by atoms with Gasteiger partial charge in [-0.3, -0.25) is 4.79 Å². The summed E-state index contributed by atoms with van der Waals surface area (Å²) in [6, 6.07) is 2.63. The third-order valence-electron chi connectivity index (χ3n) is 8.99. The Labute approximate surface area is 156 Å². The zero-order valence-electron chi connectivity index (χ0n) is 15.9. The summed E-state index contributed by atoms with van der Waals surface area (Å²) in [7, 11) is 0. The minimum absolute atomic E-state index is 0.105. The van der Waals surface area contributed by atoms with E-state index in [1.54, 1.807) is 0 Å². The Bertz CT molecular complexity index is 772. The number of allylic oxidation sites excluding steroid dienone is 3. The van der Waals surface area contributed by atoms with Crippen LogP contribution in [0.15, 0.2) is 22.8 Å². The molecule has 3 nitrogen and oxygen atoms in total. The molecule has 0 radical (unpaired) electrons. The van der Waals surface area contributed by atoms with E-state index < -0.39 is 0 Å².